The molecule has 0 heterocycles. The lowest BCUT2D eigenvalue weighted by Gasteiger charge is -2.15. The van der Waals surface area contributed by atoms with Crippen LogP contribution in [0.3, 0.4) is 0 Å². The number of rotatable bonds is 10. The van der Waals surface area contributed by atoms with E-state index in [0.29, 0.717) is 6.61 Å². The Balaban J connectivity index is 3.53. The van der Waals surface area contributed by atoms with Crippen molar-refractivity contribution in [1.29, 1.82) is 0 Å². The summed E-state index contributed by atoms with van der Waals surface area (Å²) in [5.41, 5.74) is 0. The molecule has 0 aromatic carbocycles. The lowest BCUT2D eigenvalue weighted by molar-refractivity contribution is -0.123. The van der Waals surface area contributed by atoms with E-state index in [9.17, 15) is 9.90 Å². The number of halogens is 1. The lowest BCUT2D eigenvalue weighted by atomic mass is 10.0. The predicted octanol–water partition coefficient (Wildman–Crippen LogP) is 2.33. The molecule has 0 aromatic heterocycles. The van der Waals surface area contributed by atoms with Crippen LogP contribution in [0.4, 0.5) is 0 Å². The molecule has 0 aromatic rings. The van der Waals surface area contributed by atoms with Gasteiger partial charge >= 0.3 is 0 Å². The number of carbonyl (C=O) groups is 1. The summed E-state index contributed by atoms with van der Waals surface area (Å²) in [7, 11) is 0. The van der Waals surface area contributed by atoms with Crippen LogP contribution in [0.15, 0.2) is 0 Å². The van der Waals surface area contributed by atoms with Gasteiger partial charge in [0.1, 0.15) is 4.11 Å². The maximum Gasteiger partial charge on any atom is 0.222 e. The molecule has 0 radical (unpaired) electrons. The Morgan fingerprint density at radius 3 is 2.50 bits per heavy atom. The summed E-state index contributed by atoms with van der Waals surface area (Å²) in [6.07, 6.45) is 2.90. The Morgan fingerprint density at radius 2 is 2.00 bits per heavy atom. The number of aliphatic hydroxyl groups excluding tert-OH is 1. The van der Waals surface area contributed by atoms with Crippen molar-refractivity contribution in [3.8, 4) is 0 Å². The number of carbonyl (C=O) groups excluding carboxylic acids is 1. The maximum absolute atomic E-state index is 11.3. The van der Waals surface area contributed by atoms with Gasteiger partial charge in [-0.05, 0) is 19.8 Å². The highest BCUT2D eigenvalue weighted by Gasteiger charge is 2.09. The average Bonchev–Trinajstić information content (AvgIpc) is 2.31. The van der Waals surface area contributed by atoms with E-state index in [-0.39, 0.29) is 28.5 Å². The van der Waals surface area contributed by atoms with E-state index in [0.717, 1.165) is 25.8 Å². The number of aliphatic hydroxyl groups is 1. The van der Waals surface area contributed by atoms with E-state index in [4.69, 9.17) is 4.74 Å². The molecule has 0 aliphatic heterocycles. The van der Waals surface area contributed by atoms with Gasteiger partial charge in [-0.3, -0.25) is 4.79 Å². The molecule has 108 valence electrons. The Labute approximate surface area is 124 Å². The van der Waals surface area contributed by atoms with Crippen molar-refractivity contribution in [3.05, 3.63) is 0 Å². The minimum absolute atomic E-state index is 0.0498. The standard InChI is InChI=1S/C13H26INO3/c1-10(2)13(17)15-7-5-4-6-12(8-16)9-18-11(3)14/h10-12,16H,4-9H2,1-3H3,(H,15,17). The van der Waals surface area contributed by atoms with Gasteiger partial charge in [0.25, 0.3) is 0 Å². The molecular weight excluding hydrogens is 345 g/mol. The van der Waals surface area contributed by atoms with E-state index >= 15 is 0 Å². The van der Waals surface area contributed by atoms with E-state index in [1.54, 1.807) is 0 Å². The number of unbranched alkanes of at least 4 members (excludes halogenated alkanes) is 1. The smallest absolute Gasteiger partial charge is 0.222 e. The molecule has 2 unspecified atom stereocenters. The van der Waals surface area contributed by atoms with Crippen molar-refractivity contribution < 1.29 is 14.6 Å². The van der Waals surface area contributed by atoms with E-state index in [1.807, 2.05) is 20.8 Å². The Morgan fingerprint density at radius 1 is 1.33 bits per heavy atom. The largest absolute Gasteiger partial charge is 0.396 e. The first kappa shape index (κ1) is 18.1. The van der Waals surface area contributed by atoms with E-state index in [1.165, 1.54) is 0 Å². The summed E-state index contributed by atoms with van der Waals surface area (Å²) in [4.78, 5) is 11.3. The third-order valence-corrected chi connectivity index (χ3v) is 3.04. The van der Waals surface area contributed by atoms with E-state index < -0.39 is 0 Å². The highest BCUT2D eigenvalue weighted by atomic mass is 127. The van der Waals surface area contributed by atoms with Gasteiger partial charge in [-0.1, -0.05) is 42.9 Å². The normalized spacial score (nSPS) is 14.6. The Bertz CT molecular complexity index is 222. The summed E-state index contributed by atoms with van der Waals surface area (Å²) in [6, 6.07) is 0. The molecule has 18 heavy (non-hydrogen) atoms. The second-order valence-electron chi connectivity index (χ2n) is 4.87. The maximum atomic E-state index is 11.3. The monoisotopic (exact) mass is 371 g/mol. The molecule has 0 aliphatic carbocycles. The summed E-state index contributed by atoms with van der Waals surface area (Å²) in [5.74, 6) is 0.368. The fraction of sp³-hybridized carbons (Fsp3) is 0.923. The van der Waals surface area contributed by atoms with Crippen molar-refractivity contribution in [2.24, 2.45) is 11.8 Å². The quantitative estimate of drug-likeness (QED) is 0.352. The topological polar surface area (TPSA) is 58.6 Å². The highest BCUT2D eigenvalue weighted by Crippen LogP contribution is 2.11. The lowest BCUT2D eigenvalue weighted by Crippen LogP contribution is -2.28. The Kier molecular flexibility index (Phi) is 11.1. The zero-order valence-corrected chi connectivity index (χ0v) is 13.8. The predicted molar refractivity (Wildman–Crippen MR) is 81.7 cm³/mol. The fourth-order valence-corrected chi connectivity index (χ4v) is 1.68. The summed E-state index contributed by atoms with van der Waals surface area (Å²) in [6.45, 7) is 7.26. The average molecular weight is 371 g/mol. The zero-order valence-electron chi connectivity index (χ0n) is 11.6. The molecule has 4 nitrogen and oxygen atoms in total. The molecule has 0 bridgehead atoms. The van der Waals surface area contributed by atoms with Crippen molar-refractivity contribution in [1.82, 2.24) is 5.32 Å². The number of alkyl halides is 1. The van der Waals surface area contributed by atoms with Crippen LogP contribution in [-0.2, 0) is 9.53 Å². The van der Waals surface area contributed by atoms with Crippen LogP contribution in [0.5, 0.6) is 0 Å². The van der Waals surface area contributed by atoms with Gasteiger partial charge in [-0.15, -0.1) is 0 Å². The van der Waals surface area contributed by atoms with Gasteiger partial charge < -0.3 is 15.2 Å². The van der Waals surface area contributed by atoms with Crippen LogP contribution in [0.1, 0.15) is 40.0 Å². The number of amides is 1. The van der Waals surface area contributed by atoms with Gasteiger partial charge in [0.15, 0.2) is 0 Å². The molecule has 0 saturated heterocycles. The van der Waals surface area contributed by atoms with Gasteiger partial charge in [-0.25, -0.2) is 0 Å². The molecule has 0 rings (SSSR count). The summed E-state index contributed by atoms with van der Waals surface area (Å²) in [5, 5.41) is 12.1. The van der Waals surface area contributed by atoms with Crippen molar-refractivity contribution >= 4 is 28.5 Å². The molecular formula is C13H26INO3. The van der Waals surface area contributed by atoms with Gasteiger partial charge in [0, 0.05) is 25.0 Å². The molecule has 0 fully saturated rings. The molecule has 0 spiro atoms. The van der Waals surface area contributed by atoms with Crippen LogP contribution >= 0.6 is 22.6 Å². The van der Waals surface area contributed by atoms with Gasteiger partial charge in [0.2, 0.25) is 5.91 Å². The second-order valence-corrected chi connectivity index (χ2v) is 6.62. The minimum Gasteiger partial charge on any atom is -0.396 e. The van der Waals surface area contributed by atoms with Crippen LogP contribution in [-0.4, -0.2) is 34.9 Å². The zero-order chi connectivity index (χ0) is 14.0. The number of ether oxygens (including phenoxy) is 1. The van der Waals surface area contributed by atoms with Crippen LogP contribution in [0, 0.1) is 11.8 Å². The van der Waals surface area contributed by atoms with Crippen molar-refractivity contribution in [2.45, 2.75) is 44.1 Å². The molecule has 0 aliphatic rings. The SMILES string of the molecule is CC(I)OCC(CO)CCCCNC(=O)C(C)C. The first-order valence-electron chi connectivity index (χ1n) is 6.61. The van der Waals surface area contributed by atoms with Crippen LogP contribution < -0.4 is 5.32 Å². The number of hydrogen-bond acceptors (Lipinski definition) is 3. The summed E-state index contributed by atoms with van der Waals surface area (Å²) >= 11 is 2.21. The first-order valence-corrected chi connectivity index (χ1v) is 7.86. The number of hydrogen-bond donors (Lipinski definition) is 2. The third-order valence-electron chi connectivity index (χ3n) is 2.68. The molecule has 2 N–H and O–H groups in total. The van der Waals surface area contributed by atoms with E-state index in [2.05, 4.69) is 27.9 Å². The first-order chi connectivity index (χ1) is 8.47. The minimum atomic E-state index is 0.0498. The fourth-order valence-electron chi connectivity index (χ4n) is 1.47. The molecule has 5 heteroatoms. The van der Waals surface area contributed by atoms with Crippen molar-refractivity contribution in [2.75, 3.05) is 19.8 Å². The van der Waals surface area contributed by atoms with Gasteiger partial charge in [-0.2, -0.15) is 0 Å². The molecule has 1 amide bonds. The van der Waals surface area contributed by atoms with Crippen molar-refractivity contribution in [3.63, 3.8) is 0 Å². The highest BCUT2D eigenvalue weighted by molar-refractivity contribution is 14.1. The third kappa shape index (κ3) is 10.1. The van der Waals surface area contributed by atoms with Gasteiger partial charge in [0.05, 0.1) is 6.61 Å². The summed E-state index contributed by atoms with van der Waals surface area (Å²) < 4.78 is 5.66. The second kappa shape index (κ2) is 11.0. The molecule has 0 saturated carbocycles. The van der Waals surface area contributed by atoms with Crippen LogP contribution in [0.2, 0.25) is 0 Å². The Hall–Kier alpha value is 0.120. The molecule has 2 atom stereocenters. The number of nitrogens with one attached hydrogen (secondary N) is 1. The van der Waals surface area contributed by atoms with Crippen LogP contribution in [0.25, 0.3) is 0 Å².